The van der Waals surface area contributed by atoms with Crippen molar-refractivity contribution in [1.82, 2.24) is 0 Å². The lowest BCUT2D eigenvalue weighted by Gasteiger charge is -2.09. The van der Waals surface area contributed by atoms with Crippen LogP contribution in [0.2, 0.25) is 0 Å². The zero-order valence-corrected chi connectivity index (χ0v) is 12.1. The maximum atomic E-state index is 13.4. The largest absolute Gasteiger partial charge is 0.325 e. The lowest BCUT2D eigenvalue weighted by molar-refractivity contribution is -0.123. The standard InChI is InChI=1S/C16H13F3N2O2/c1-9-4-2-3-5-11(9)20-13(22)8-14(23)21-12-7-6-10(17)15(18)16(12)19/h2-7H,8H2,1H3,(H,20,22)(H,21,23). The van der Waals surface area contributed by atoms with E-state index in [4.69, 9.17) is 0 Å². The van der Waals surface area contributed by atoms with Crippen molar-refractivity contribution in [3.8, 4) is 0 Å². The maximum Gasteiger partial charge on any atom is 0.233 e. The van der Waals surface area contributed by atoms with Crippen molar-refractivity contribution < 1.29 is 22.8 Å². The van der Waals surface area contributed by atoms with Crippen LogP contribution in [0.5, 0.6) is 0 Å². The summed E-state index contributed by atoms with van der Waals surface area (Å²) >= 11 is 0. The third-order valence-electron chi connectivity index (χ3n) is 3.05. The average Bonchev–Trinajstić information content (AvgIpc) is 2.50. The number of carbonyl (C=O) groups is 2. The normalized spacial score (nSPS) is 10.3. The molecule has 2 aromatic rings. The maximum absolute atomic E-state index is 13.4. The fraction of sp³-hybridized carbons (Fsp3) is 0.125. The molecule has 0 bridgehead atoms. The lowest BCUT2D eigenvalue weighted by atomic mass is 10.2. The lowest BCUT2D eigenvalue weighted by Crippen LogP contribution is -2.22. The molecule has 0 aliphatic carbocycles. The van der Waals surface area contributed by atoms with Crippen LogP contribution in [0, 0.1) is 24.4 Å². The highest BCUT2D eigenvalue weighted by atomic mass is 19.2. The molecule has 0 atom stereocenters. The molecule has 0 aromatic heterocycles. The van der Waals surface area contributed by atoms with E-state index in [2.05, 4.69) is 5.32 Å². The minimum atomic E-state index is -1.69. The summed E-state index contributed by atoms with van der Waals surface area (Å²) in [6.07, 6.45) is -0.591. The Morgan fingerprint density at radius 2 is 1.48 bits per heavy atom. The number of hydrogen-bond acceptors (Lipinski definition) is 2. The van der Waals surface area contributed by atoms with Gasteiger partial charge in [-0.25, -0.2) is 13.2 Å². The van der Waals surface area contributed by atoms with Crippen molar-refractivity contribution in [3.05, 3.63) is 59.4 Å². The Morgan fingerprint density at radius 1 is 0.870 bits per heavy atom. The van der Waals surface area contributed by atoms with Gasteiger partial charge in [-0.1, -0.05) is 18.2 Å². The molecule has 2 N–H and O–H groups in total. The van der Waals surface area contributed by atoms with Gasteiger partial charge < -0.3 is 10.6 Å². The molecule has 120 valence electrons. The van der Waals surface area contributed by atoms with Gasteiger partial charge in [0.25, 0.3) is 0 Å². The summed E-state index contributed by atoms with van der Waals surface area (Å²) in [7, 11) is 0. The second-order valence-electron chi connectivity index (χ2n) is 4.81. The van der Waals surface area contributed by atoms with Gasteiger partial charge in [-0.3, -0.25) is 9.59 Å². The van der Waals surface area contributed by atoms with Crippen LogP contribution >= 0.6 is 0 Å². The summed E-state index contributed by atoms with van der Waals surface area (Å²) in [6.45, 7) is 1.78. The predicted molar refractivity (Wildman–Crippen MR) is 79.4 cm³/mol. The van der Waals surface area contributed by atoms with Crippen molar-refractivity contribution in [3.63, 3.8) is 0 Å². The van der Waals surface area contributed by atoms with E-state index in [9.17, 15) is 22.8 Å². The second kappa shape index (κ2) is 6.95. The predicted octanol–water partition coefficient (Wildman–Crippen LogP) is 3.38. The van der Waals surface area contributed by atoms with Crippen LogP contribution in [0.15, 0.2) is 36.4 Å². The SMILES string of the molecule is Cc1ccccc1NC(=O)CC(=O)Nc1ccc(F)c(F)c1F. The molecular formula is C16H13F3N2O2. The number of amides is 2. The number of para-hydroxylation sites is 1. The van der Waals surface area contributed by atoms with Crippen molar-refractivity contribution in [2.24, 2.45) is 0 Å². The molecule has 2 amide bonds. The van der Waals surface area contributed by atoms with E-state index in [0.29, 0.717) is 11.8 Å². The van der Waals surface area contributed by atoms with Gasteiger partial charge in [0.05, 0.1) is 5.69 Å². The summed E-state index contributed by atoms with van der Waals surface area (Å²) in [5.41, 5.74) is 0.829. The molecule has 23 heavy (non-hydrogen) atoms. The van der Waals surface area contributed by atoms with Crippen LogP contribution in [0.3, 0.4) is 0 Å². The van der Waals surface area contributed by atoms with Crippen molar-refractivity contribution in [2.45, 2.75) is 13.3 Å². The number of carbonyl (C=O) groups excluding carboxylic acids is 2. The third kappa shape index (κ3) is 4.09. The smallest absolute Gasteiger partial charge is 0.233 e. The molecule has 0 aliphatic heterocycles. The fourth-order valence-electron chi connectivity index (χ4n) is 1.87. The van der Waals surface area contributed by atoms with Gasteiger partial charge in [-0.15, -0.1) is 0 Å². The average molecular weight is 322 g/mol. The molecule has 0 saturated carbocycles. The minimum Gasteiger partial charge on any atom is -0.325 e. The van der Waals surface area contributed by atoms with Gasteiger partial charge in [0, 0.05) is 5.69 Å². The summed E-state index contributed by atoms with van der Waals surface area (Å²) in [6, 6.07) is 8.53. The van der Waals surface area contributed by atoms with Gasteiger partial charge in [0.1, 0.15) is 6.42 Å². The molecule has 2 rings (SSSR count). The fourth-order valence-corrected chi connectivity index (χ4v) is 1.87. The Balaban J connectivity index is 1.99. The highest BCUT2D eigenvalue weighted by Crippen LogP contribution is 2.20. The van der Waals surface area contributed by atoms with E-state index in [-0.39, 0.29) is 0 Å². The Kier molecular flexibility index (Phi) is 5.00. The Bertz CT molecular complexity index is 763. The number of hydrogen-bond donors (Lipinski definition) is 2. The topological polar surface area (TPSA) is 58.2 Å². The van der Waals surface area contributed by atoms with Crippen LogP contribution < -0.4 is 10.6 Å². The molecule has 0 unspecified atom stereocenters. The molecule has 0 aliphatic rings. The molecule has 0 saturated heterocycles. The molecule has 7 heteroatoms. The summed E-state index contributed by atoms with van der Waals surface area (Å²) < 4.78 is 39.3. The van der Waals surface area contributed by atoms with Gasteiger partial charge in [0.15, 0.2) is 17.5 Å². The molecule has 0 radical (unpaired) electrons. The van der Waals surface area contributed by atoms with Crippen LogP contribution in [-0.2, 0) is 9.59 Å². The summed E-state index contributed by atoms with van der Waals surface area (Å²) in [5.74, 6) is -6.02. The number of nitrogens with one attached hydrogen (secondary N) is 2. The van der Waals surface area contributed by atoms with Crippen molar-refractivity contribution in [1.29, 1.82) is 0 Å². The number of halogens is 3. The third-order valence-corrected chi connectivity index (χ3v) is 3.05. The van der Waals surface area contributed by atoms with Gasteiger partial charge >= 0.3 is 0 Å². The number of rotatable bonds is 4. The minimum absolute atomic E-state index is 0.530. The van der Waals surface area contributed by atoms with Crippen molar-refractivity contribution >= 4 is 23.2 Å². The monoisotopic (exact) mass is 322 g/mol. The highest BCUT2D eigenvalue weighted by molar-refractivity contribution is 6.08. The first-order valence-electron chi connectivity index (χ1n) is 6.67. The van der Waals surface area contributed by atoms with Crippen LogP contribution in [0.25, 0.3) is 0 Å². The van der Waals surface area contributed by atoms with Gasteiger partial charge in [-0.05, 0) is 30.7 Å². The number of aryl methyl sites for hydroxylation is 1. The van der Waals surface area contributed by atoms with Crippen LogP contribution in [0.4, 0.5) is 24.5 Å². The van der Waals surface area contributed by atoms with E-state index in [0.717, 1.165) is 11.6 Å². The Morgan fingerprint density at radius 3 is 2.13 bits per heavy atom. The Hall–Kier alpha value is -2.83. The zero-order chi connectivity index (χ0) is 17.0. The van der Waals surface area contributed by atoms with Gasteiger partial charge in [-0.2, -0.15) is 0 Å². The van der Waals surface area contributed by atoms with E-state index in [1.807, 2.05) is 5.32 Å². The van der Waals surface area contributed by atoms with Crippen LogP contribution in [-0.4, -0.2) is 11.8 Å². The number of anilines is 2. The zero-order valence-electron chi connectivity index (χ0n) is 12.1. The van der Waals surface area contributed by atoms with Crippen molar-refractivity contribution in [2.75, 3.05) is 10.6 Å². The first kappa shape index (κ1) is 16.5. The van der Waals surface area contributed by atoms with Gasteiger partial charge in [0.2, 0.25) is 11.8 Å². The molecule has 2 aromatic carbocycles. The van der Waals surface area contributed by atoms with Crippen LogP contribution in [0.1, 0.15) is 12.0 Å². The highest BCUT2D eigenvalue weighted by Gasteiger charge is 2.17. The first-order valence-corrected chi connectivity index (χ1v) is 6.67. The quantitative estimate of drug-likeness (QED) is 0.670. The molecule has 0 spiro atoms. The van der Waals surface area contributed by atoms with E-state index >= 15 is 0 Å². The molecule has 4 nitrogen and oxygen atoms in total. The molecular weight excluding hydrogens is 309 g/mol. The molecule has 0 fully saturated rings. The van der Waals surface area contributed by atoms with E-state index in [1.165, 1.54) is 0 Å². The first-order chi connectivity index (χ1) is 10.9. The Labute approximate surface area is 130 Å². The molecule has 0 heterocycles. The summed E-state index contributed by atoms with van der Waals surface area (Å²) in [4.78, 5) is 23.5. The van der Waals surface area contributed by atoms with E-state index in [1.54, 1.807) is 31.2 Å². The summed E-state index contributed by atoms with van der Waals surface area (Å²) in [5, 5.41) is 4.56. The number of benzene rings is 2. The van der Waals surface area contributed by atoms with E-state index < -0.39 is 41.4 Å². The second-order valence-corrected chi connectivity index (χ2v) is 4.81.